The third-order valence-electron chi connectivity index (χ3n) is 7.82. The second-order valence-corrected chi connectivity index (χ2v) is 10.8. The fourth-order valence-electron chi connectivity index (χ4n) is 5.30. The number of hydrogen-bond donors (Lipinski definition) is 2. The van der Waals surface area contributed by atoms with E-state index in [-0.39, 0.29) is 5.60 Å². The summed E-state index contributed by atoms with van der Waals surface area (Å²) in [6.45, 7) is 12.7. The van der Waals surface area contributed by atoms with Crippen molar-refractivity contribution in [1.29, 1.82) is 0 Å². The third-order valence-corrected chi connectivity index (χ3v) is 7.82. The van der Waals surface area contributed by atoms with Gasteiger partial charge in [0.2, 0.25) is 0 Å². The van der Waals surface area contributed by atoms with Crippen molar-refractivity contribution in [2.24, 2.45) is 0 Å². The second kappa shape index (κ2) is 11.4. The molecule has 1 aliphatic carbocycles. The van der Waals surface area contributed by atoms with Crippen LogP contribution in [0.5, 0.6) is 0 Å². The molecule has 3 nitrogen and oxygen atoms in total. The van der Waals surface area contributed by atoms with Gasteiger partial charge in [-0.05, 0) is 13.3 Å². The summed E-state index contributed by atoms with van der Waals surface area (Å²) in [5.41, 5.74) is 3.30. The predicted molar refractivity (Wildman–Crippen MR) is 139 cm³/mol. The van der Waals surface area contributed by atoms with Crippen molar-refractivity contribution in [3.05, 3.63) is 34.4 Å². The van der Waals surface area contributed by atoms with E-state index >= 15 is 0 Å². The van der Waals surface area contributed by atoms with Gasteiger partial charge in [-0.15, -0.1) is 0 Å². The summed E-state index contributed by atoms with van der Waals surface area (Å²) in [6, 6.07) is 0. The van der Waals surface area contributed by atoms with Crippen molar-refractivity contribution in [1.82, 2.24) is 0 Å². The Morgan fingerprint density at radius 1 is 1.28 bits per heavy atom. The summed E-state index contributed by atoms with van der Waals surface area (Å²) in [6.07, 6.45) is 15.0. The molecule has 1 saturated heterocycles. The molecule has 4 unspecified atom stereocenters. The van der Waals surface area contributed by atoms with Crippen LogP contribution in [0.4, 0.5) is 0 Å². The molecular formula is C28H47BO3. The van der Waals surface area contributed by atoms with Gasteiger partial charge in [-0.3, -0.25) is 0 Å². The number of unbranched alkanes of at least 4 members (excludes halogenated alkanes) is 2. The van der Waals surface area contributed by atoms with Crippen molar-refractivity contribution in [2.45, 2.75) is 135 Å². The standard InChI is InChI=1S/C28H47BO3/c1-7-8-9-15-26(5,31)16-10-12-21(2)13-11-17-27(6)18-14-24-19-25(30)22(3)23(4)28(24,20-29)32-27/h13,19-20,25,29-31H,7-12,14-18H2,1-6H3/b21-13+. The van der Waals surface area contributed by atoms with Crippen molar-refractivity contribution in [2.75, 3.05) is 0 Å². The van der Waals surface area contributed by atoms with E-state index in [9.17, 15) is 10.2 Å². The van der Waals surface area contributed by atoms with Crippen LogP contribution in [0.3, 0.4) is 0 Å². The molecule has 1 aliphatic heterocycles. The quantitative estimate of drug-likeness (QED) is 0.226. The zero-order valence-corrected chi connectivity index (χ0v) is 21.6. The summed E-state index contributed by atoms with van der Waals surface area (Å²) in [7, 11) is 4.11. The third kappa shape index (κ3) is 6.78. The molecule has 0 aromatic heterocycles. The first-order chi connectivity index (χ1) is 15.0. The van der Waals surface area contributed by atoms with Gasteiger partial charge in [-0.1, -0.05) is 26.2 Å². The molecule has 180 valence electrons. The van der Waals surface area contributed by atoms with Crippen LogP contribution in [-0.4, -0.2) is 46.6 Å². The van der Waals surface area contributed by atoms with Gasteiger partial charge >= 0.3 is 153 Å². The normalized spacial score (nSPS) is 30.5. The van der Waals surface area contributed by atoms with Crippen LogP contribution in [0, 0.1) is 0 Å². The van der Waals surface area contributed by atoms with Crippen LogP contribution in [0.25, 0.3) is 0 Å². The first kappa shape index (κ1) is 27.3. The molecule has 1 heterocycles. The van der Waals surface area contributed by atoms with E-state index in [1.165, 1.54) is 18.4 Å². The van der Waals surface area contributed by atoms with Gasteiger partial charge in [0, 0.05) is 0 Å². The van der Waals surface area contributed by atoms with Gasteiger partial charge in [-0.2, -0.15) is 0 Å². The summed E-state index contributed by atoms with van der Waals surface area (Å²) in [5.74, 6) is 1.93. The molecule has 0 bridgehead atoms. The number of aliphatic hydroxyl groups excluding tert-OH is 1. The maximum absolute atomic E-state index is 10.6. The Labute approximate surface area is 198 Å². The molecule has 32 heavy (non-hydrogen) atoms. The molecule has 2 aliphatic rings. The summed E-state index contributed by atoms with van der Waals surface area (Å²) >= 11 is 0. The van der Waals surface area contributed by atoms with E-state index in [0.717, 1.165) is 74.5 Å². The van der Waals surface area contributed by atoms with Gasteiger partial charge in [0.1, 0.15) is 0 Å². The van der Waals surface area contributed by atoms with Crippen LogP contribution in [-0.2, 0) is 4.74 Å². The Kier molecular flexibility index (Phi) is 9.76. The van der Waals surface area contributed by atoms with Crippen LogP contribution in [0.15, 0.2) is 34.4 Å². The van der Waals surface area contributed by atoms with Crippen LogP contribution >= 0.6 is 0 Å². The molecule has 0 radical (unpaired) electrons. The van der Waals surface area contributed by atoms with E-state index in [4.69, 9.17) is 4.74 Å². The molecule has 0 saturated carbocycles. The molecule has 4 atom stereocenters. The van der Waals surface area contributed by atoms with Crippen molar-refractivity contribution < 1.29 is 14.9 Å². The number of ether oxygens (including phenoxy) is 1. The molecular weight excluding hydrogens is 395 g/mol. The molecule has 0 aromatic carbocycles. The number of hydrogen-bond acceptors (Lipinski definition) is 3. The summed E-state index contributed by atoms with van der Waals surface area (Å²) < 4.78 is 6.78. The van der Waals surface area contributed by atoms with Crippen molar-refractivity contribution in [3.63, 3.8) is 0 Å². The average Bonchev–Trinajstić information content (AvgIpc) is 2.73. The second-order valence-electron chi connectivity index (χ2n) is 10.8. The van der Waals surface area contributed by atoms with Gasteiger partial charge in [0.25, 0.3) is 0 Å². The molecule has 1 fully saturated rings. The number of rotatable bonds is 12. The fraction of sp³-hybridized carbons (Fsp3) is 0.750. The Hall–Kier alpha value is -0.965. The zero-order chi connectivity index (χ0) is 24.0. The number of aliphatic hydroxyl groups is 2. The molecule has 2 N–H and O–H groups in total. The Bertz CT molecular complexity index is 748. The van der Waals surface area contributed by atoms with Crippen molar-refractivity contribution in [3.8, 4) is 0 Å². The maximum atomic E-state index is 10.6. The van der Waals surface area contributed by atoms with Crippen LogP contribution in [0.2, 0.25) is 0 Å². The summed E-state index contributed by atoms with van der Waals surface area (Å²) in [5, 5.41) is 20.9. The minimum atomic E-state index is -0.571. The number of allylic oxidation sites excluding steroid dienone is 2. The molecule has 0 amide bonds. The van der Waals surface area contributed by atoms with Gasteiger partial charge in [0.15, 0.2) is 0 Å². The topological polar surface area (TPSA) is 49.7 Å². The summed E-state index contributed by atoms with van der Waals surface area (Å²) in [4.78, 5) is 0. The molecule has 4 heteroatoms. The van der Waals surface area contributed by atoms with E-state index in [1.807, 2.05) is 25.9 Å². The van der Waals surface area contributed by atoms with Gasteiger partial charge in [-0.25, -0.2) is 0 Å². The SMILES string of the molecule is B=CC12OC(C)(CC/C=C(\C)CCCC(C)(O)CCCCC)CCC1=CC(O)C(C)=C2C. The molecule has 0 aromatic rings. The molecule has 2 rings (SSSR count). The van der Waals surface area contributed by atoms with E-state index < -0.39 is 17.3 Å². The molecule has 0 spiro atoms. The predicted octanol–water partition coefficient (Wildman–Crippen LogP) is 5.86. The zero-order valence-electron chi connectivity index (χ0n) is 21.6. The van der Waals surface area contributed by atoms with Crippen LogP contribution in [0.1, 0.15) is 112 Å². The first-order valence-corrected chi connectivity index (χ1v) is 12.8. The Morgan fingerprint density at radius 3 is 2.62 bits per heavy atom. The van der Waals surface area contributed by atoms with E-state index in [2.05, 4.69) is 41.3 Å². The van der Waals surface area contributed by atoms with E-state index in [1.54, 1.807) is 0 Å². The minimum absolute atomic E-state index is 0.213. The average molecular weight is 442 g/mol. The van der Waals surface area contributed by atoms with Crippen molar-refractivity contribution >= 4 is 13.5 Å². The fourth-order valence-corrected chi connectivity index (χ4v) is 5.30. The number of fused-ring (bicyclic) bond motifs is 1. The monoisotopic (exact) mass is 442 g/mol. The first-order valence-electron chi connectivity index (χ1n) is 12.8. The van der Waals surface area contributed by atoms with E-state index in [0.29, 0.717) is 0 Å². The Balaban J connectivity index is 1.89. The Morgan fingerprint density at radius 2 is 1.97 bits per heavy atom. The van der Waals surface area contributed by atoms with Crippen LogP contribution < -0.4 is 0 Å². The van der Waals surface area contributed by atoms with Gasteiger partial charge in [0.05, 0.1) is 0 Å². The van der Waals surface area contributed by atoms with Gasteiger partial charge < -0.3 is 5.11 Å².